The molecule has 1 aromatic carbocycles. The maximum Gasteiger partial charge on any atom is 0.144 e. The number of halogens is 1. The van der Waals surface area contributed by atoms with Crippen LogP contribution in [0.4, 0.5) is 4.39 Å². The summed E-state index contributed by atoms with van der Waals surface area (Å²) in [6.45, 7) is 2.35. The van der Waals surface area contributed by atoms with Gasteiger partial charge in [0.1, 0.15) is 11.6 Å². The van der Waals surface area contributed by atoms with Gasteiger partial charge in [0.05, 0.1) is 12.0 Å². The molecule has 2 N–H and O–H groups in total. The number of methoxy groups -OCH3 is 1. The van der Waals surface area contributed by atoms with Crippen LogP contribution in [0.3, 0.4) is 0 Å². The van der Waals surface area contributed by atoms with Crippen molar-refractivity contribution in [2.45, 2.75) is 17.7 Å². The van der Waals surface area contributed by atoms with Crippen LogP contribution in [0.5, 0.6) is 5.75 Å². The van der Waals surface area contributed by atoms with E-state index in [1.165, 1.54) is 11.8 Å². The Morgan fingerprint density at radius 2 is 2.20 bits per heavy atom. The van der Waals surface area contributed by atoms with E-state index in [0.29, 0.717) is 22.8 Å². The first-order chi connectivity index (χ1) is 7.15. The second kappa shape index (κ2) is 5.37. The molecule has 0 spiro atoms. The number of benzene rings is 1. The Morgan fingerprint density at radius 3 is 2.67 bits per heavy atom. The molecule has 1 aromatic rings. The molecule has 1 atom stereocenters. The van der Waals surface area contributed by atoms with Gasteiger partial charge in [-0.2, -0.15) is 0 Å². The van der Waals surface area contributed by atoms with E-state index in [4.69, 9.17) is 10.5 Å². The lowest BCUT2D eigenvalue weighted by atomic mass is 10.0. The molecule has 1 unspecified atom stereocenters. The summed E-state index contributed by atoms with van der Waals surface area (Å²) in [5.41, 5.74) is 6.19. The standard InChI is InChI=1S/C11H16FNOS/c1-7(6-13)8-4-5-9(14-2)11(15-3)10(8)12/h4-5,7H,6,13H2,1-3H3. The Kier molecular flexibility index (Phi) is 4.42. The third-order valence-electron chi connectivity index (χ3n) is 2.40. The quantitative estimate of drug-likeness (QED) is 0.806. The number of ether oxygens (including phenoxy) is 1. The van der Waals surface area contributed by atoms with Gasteiger partial charge in [-0.25, -0.2) is 4.39 Å². The Hall–Kier alpha value is -0.740. The number of rotatable bonds is 4. The molecule has 0 bridgehead atoms. The van der Waals surface area contributed by atoms with Gasteiger partial charge in [-0.1, -0.05) is 13.0 Å². The number of thioether (sulfide) groups is 1. The van der Waals surface area contributed by atoms with Gasteiger partial charge < -0.3 is 10.5 Å². The zero-order chi connectivity index (χ0) is 11.4. The van der Waals surface area contributed by atoms with Crippen LogP contribution in [0.15, 0.2) is 17.0 Å². The van der Waals surface area contributed by atoms with Gasteiger partial charge in [0, 0.05) is 0 Å². The van der Waals surface area contributed by atoms with Crippen molar-refractivity contribution in [2.75, 3.05) is 19.9 Å². The Bertz CT molecular complexity index is 344. The van der Waals surface area contributed by atoms with Crippen molar-refractivity contribution >= 4 is 11.8 Å². The SMILES string of the molecule is COc1ccc(C(C)CN)c(F)c1SC. The molecule has 2 nitrogen and oxygen atoms in total. The molecule has 0 aromatic heterocycles. The van der Waals surface area contributed by atoms with E-state index in [-0.39, 0.29) is 11.7 Å². The van der Waals surface area contributed by atoms with E-state index in [1.807, 2.05) is 13.2 Å². The van der Waals surface area contributed by atoms with Gasteiger partial charge in [0.15, 0.2) is 0 Å². The zero-order valence-corrected chi connectivity index (χ0v) is 10.0. The molecule has 0 aliphatic heterocycles. The molecule has 0 amide bonds. The highest BCUT2D eigenvalue weighted by molar-refractivity contribution is 7.98. The van der Waals surface area contributed by atoms with Crippen LogP contribution in [0, 0.1) is 5.82 Å². The highest BCUT2D eigenvalue weighted by atomic mass is 32.2. The van der Waals surface area contributed by atoms with Crippen LogP contribution in [0.2, 0.25) is 0 Å². The van der Waals surface area contributed by atoms with Crippen LogP contribution in [0.1, 0.15) is 18.4 Å². The van der Waals surface area contributed by atoms with Gasteiger partial charge in [-0.15, -0.1) is 11.8 Å². The highest BCUT2D eigenvalue weighted by Crippen LogP contribution is 2.34. The Balaban J connectivity index is 3.22. The average molecular weight is 229 g/mol. The summed E-state index contributed by atoms with van der Waals surface area (Å²) >= 11 is 1.35. The topological polar surface area (TPSA) is 35.2 Å². The lowest BCUT2D eigenvalue weighted by Gasteiger charge is -2.14. The lowest BCUT2D eigenvalue weighted by Crippen LogP contribution is -2.11. The van der Waals surface area contributed by atoms with E-state index >= 15 is 0 Å². The number of hydrogen-bond donors (Lipinski definition) is 1. The molecule has 0 fully saturated rings. The molecule has 15 heavy (non-hydrogen) atoms. The minimum Gasteiger partial charge on any atom is -0.495 e. The molecular formula is C11H16FNOS. The van der Waals surface area contributed by atoms with Crippen molar-refractivity contribution in [2.24, 2.45) is 5.73 Å². The van der Waals surface area contributed by atoms with Crippen molar-refractivity contribution in [3.63, 3.8) is 0 Å². The van der Waals surface area contributed by atoms with E-state index < -0.39 is 0 Å². The van der Waals surface area contributed by atoms with Gasteiger partial charge in [0.2, 0.25) is 0 Å². The van der Waals surface area contributed by atoms with E-state index in [9.17, 15) is 4.39 Å². The number of nitrogens with two attached hydrogens (primary N) is 1. The van der Waals surface area contributed by atoms with Crippen molar-refractivity contribution in [1.29, 1.82) is 0 Å². The van der Waals surface area contributed by atoms with Crippen molar-refractivity contribution < 1.29 is 9.13 Å². The fourth-order valence-corrected chi connectivity index (χ4v) is 2.06. The van der Waals surface area contributed by atoms with Gasteiger partial charge in [-0.3, -0.25) is 0 Å². The fourth-order valence-electron chi connectivity index (χ4n) is 1.41. The summed E-state index contributed by atoms with van der Waals surface area (Å²) in [5, 5.41) is 0. The van der Waals surface area contributed by atoms with Crippen molar-refractivity contribution in [3.05, 3.63) is 23.5 Å². The van der Waals surface area contributed by atoms with Gasteiger partial charge >= 0.3 is 0 Å². The summed E-state index contributed by atoms with van der Waals surface area (Å²) in [7, 11) is 1.54. The Labute approximate surface area is 94.0 Å². The molecular weight excluding hydrogens is 213 g/mol. The highest BCUT2D eigenvalue weighted by Gasteiger charge is 2.16. The lowest BCUT2D eigenvalue weighted by molar-refractivity contribution is 0.396. The summed E-state index contributed by atoms with van der Waals surface area (Å²) in [5.74, 6) is 0.398. The molecule has 0 radical (unpaired) electrons. The predicted octanol–water partition coefficient (Wildman–Crippen LogP) is 2.62. The largest absolute Gasteiger partial charge is 0.495 e. The van der Waals surface area contributed by atoms with E-state index in [1.54, 1.807) is 19.2 Å². The second-order valence-electron chi connectivity index (χ2n) is 3.34. The fraction of sp³-hybridized carbons (Fsp3) is 0.455. The summed E-state index contributed by atoms with van der Waals surface area (Å²) < 4.78 is 19.1. The molecule has 0 aliphatic carbocycles. The first-order valence-corrected chi connectivity index (χ1v) is 5.98. The predicted molar refractivity (Wildman–Crippen MR) is 62.2 cm³/mol. The van der Waals surface area contributed by atoms with Crippen LogP contribution >= 0.6 is 11.8 Å². The van der Waals surface area contributed by atoms with Crippen LogP contribution in [-0.2, 0) is 0 Å². The van der Waals surface area contributed by atoms with E-state index in [2.05, 4.69) is 0 Å². The van der Waals surface area contributed by atoms with E-state index in [0.717, 1.165) is 0 Å². The first-order valence-electron chi connectivity index (χ1n) is 4.76. The zero-order valence-electron chi connectivity index (χ0n) is 9.21. The molecule has 0 heterocycles. The van der Waals surface area contributed by atoms with Gasteiger partial charge in [0.25, 0.3) is 0 Å². The number of hydrogen-bond acceptors (Lipinski definition) is 3. The minimum absolute atomic E-state index is 0.0295. The van der Waals surface area contributed by atoms with Gasteiger partial charge in [-0.05, 0) is 30.3 Å². The second-order valence-corrected chi connectivity index (χ2v) is 4.16. The molecule has 0 aliphatic rings. The van der Waals surface area contributed by atoms with Crippen LogP contribution in [-0.4, -0.2) is 19.9 Å². The van der Waals surface area contributed by atoms with Crippen LogP contribution in [0.25, 0.3) is 0 Å². The van der Waals surface area contributed by atoms with Crippen LogP contribution < -0.4 is 10.5 Å². The van der Waals surface area contributed by atoms with Crippen molar-refractivity contribution in [1.82, 2.24) is 0 Å². The normalized spacial score (nSPS) is 12.6. The molecule has 84 valence electrons. The summed E-state index contributed by atoms with van der Waals surface area (Å²) in [6, 6.07) is 3.53. The molecule has 0 saturated heterocycles. The summed E-state index contributed by atoms with van der Waals surface area (Å²) in [4.78, 5) is 0.551. The van der Waals surface area contributed by atoms with Crippen molar-refractivity contribution in [3.8, 4) is 5.75 Å². The summed E-state index contributed by atoms with van der Waals surface area (Å²) in [6.07, 6.45) is 1.83. The molecule has 1 rings (SSSR count). The smallest absolute Gasteiger partial charge is 0.144 e. The first kappa shape index (κ1) is 12.3. The Morgan fingerprint density at radius 1 is 1.53 bits per heavy atom. The molecule has 4 heteroatoms. The minimum atomic E-state index is -0.209. The third-order valence-corrected chi connectivity index (χ3v) is 3.19. The maximum atomic E-state index is 14.0. The monoisotopic (exact) mass is 229 g/mol. The average Bonchev–Trinajstić information content (AvgIpc) is 2.27. The third kappa shape index (κ3) is 2.44. The molecule has 0 saturated carbocycles. The maximum absolute atomic E-state index is 14.0.